The number of aromatic amines is 1. The zero-order chi connectivity index (χ0) is 17.4. The van der Waals surface area contributed by atoms with E-state index in [9.17, 15) is 5.11 Å². The lowest BCUT2D eigenvalue weighted by molar-refractivity contribution is 0.398. The lowest BCUT2D eigenvalue weighted by atomic mass is 10.1. The SMILES string of the molecule is CN/C(=C(/O)Cc1ccc(C)cc1)c1nc2cc3c(cc2[nH]1)CNC3. The van der Waals surface area contributed by atoms with E-state index in [2.05, 4.69) is 51.8 Å². The van der Waals surface area contributed by atoms with Crippen LogP contribution in [0, 0.1) is 6.92 Å². The lowest BCUT2D eigenvalue weighted by Gasteiger charge is -2.08. The summed E-state index contributed by atoms with van der Waals surface area (Å²) in [6, 6.07) is 12.4. The summed E-state index contributed by atoms with van der Waals surface area (Å²) in [5, 5.41) is 17.1. The second-order valence-electron chi connectivity index (χ2n) is 6.56. The molecule has 2 aromatic carbocycles. The van der Waals surface area contributed by atoms with Gasteiger partial charge in [0, 0.05) is 26.6 Å². The van der Waals surface area contributed by atoms with Crippen LogP contribution in [0.5, 0.6) is 0 Å². The Balaban J connectivity index is 1.69. The summed E-state index contributed by atoms with van der Waals surface area (Å²) in [5.74, 6) is 0.943. The first-order chi connectivity index (χ1) is 12.1. The van der Waals surface area contributed by atoms with E-state index in [4.69, 9.17) is 0 Å². The molecule has 0 unspecified atom stereocenters. The summed E-state index contributed by atoms with van der Waals surface area (Å²) >= 11 is 0. The summed E-state index contributed by atoms with van der Waals surface area (Å²) in [4.78, 5) is 8.01. The highest BCUT2D eigenvalue weighted by molar-refractivity contribution is 5.80. The molecule has 4 N–H and O–H groups in total. The molecule has 0 amide bonds. The molecule has 128 valence electrons. The van der Waals surface area contributed by atoms with Gasteiger partial charge in [0.25, 0.3) is 0 Å². The van der Waals surface area contributed by atoms with E-state index in [1.54, 1.807) is 7.05 Å². The first kappa shape index (κ1) is 15.7. The molecule has 2 heterocycles. The minimum Gasteiger partial charge on any atom is -0.510 e. The van der Waals surface area contributed by atoms with Gasteiger partial charge in [0.15, 0.2) is 5.82 Å². The molecule has 0 atom stereocenters. The van der Waals surface area contributed by atoms with Crippen molar-refractivity contribution >= 4 is 16.7 Å². The van der Waals surface area contributed by atoms with Gasteiger partial charge >= 0.3 is 0 Å². The number of fused-ring (bicyclic) bond motifs is 2. The summed E-state index contributed by atoms with van der Waals surface area (Å²) in [5.41, 5.74) is 7.43. The lowest BCUT2D eigenvalue weighted by Crippen LogP contribution is -2.11. The molecule has 5 nitrogen and oxygen atoms in total. The maximum Gasteiger partial charge on any atom is 0.158 e. The van der Waals surface area contributed by atoms with Crippen LogP contribution in [0.4, 0.5) is 0 Å². The molecule has 0 saturated carbocycles. The molecule has 1 aliphatic heterocycles. The van der Waals surface area contributed by atoms with E-state index in [1.165, 1.54) is 16.7 Å². The molecule has 1 aromatic heterocycles. The number of allylic oxidation sites excluding steroid dienone is 1. The molecule has 0 bridgehead atoms. The Hall–Kier alpha value is -2.79. The predicted molar refractivity (Wildman–Crippen MR) is 100 cm³/mol. The number of hydrogen-bond donors (Lipinski definition) is 4. The normalized spacial score (nSPS) is 14.5. The predicted octanol–water partition coefficient (Wildman–Crippen LogP) is 3.16. The van der Waals surface area contributed by atoms with Crippen LogP contribution in [0.1, 0.15) is 28.1 Å². The van der Waals surface area contributed by atoms with Crippen LogP contribution < -0.4 is 10.6 Å². The number of hydrogen-bond acceptors (Lipinski definition) is 4. The molecule has 5 heteroatoms. The average Bonchev–Trinajstić information content (AvgIpc) is 3.21. The molecule has 0 fully saturated rings. The Morgan fingerprint density at radius 1 is 1.16 bits per heavy atom. The first-order valence-corrected chi connectivity index (χ1v) is 8.52. The average molecular weight is 334 g/mol. The summed E-state index contributed by atoms with van der Waals surface area (Å²) in [6.45, 7) is 3.84. The number of aliphatic hydroxyl groups is 1. The Labute approximate surface area is 146 Å². The molecule has 1 aliphatic rings. The van der Waals surface area contributed by atoms with Crippen molar-refractivity contribution in [1.29, 1.82) is 0 Å². The number of H-pyrrole nitrogens is 1. The van der Waals surface area contributed by atoms with Crippen LogP contribution in [-0.2, 0) is 19.5 Å². The summed E-state index contributed by atoms with van der Waals surface area (Å²) in [7, 11) is 1.80. The maximum atomic E-state index is 10.6. The van der Waals surface area contributed by atoms with Gasteiger partial charge in [-0.25, -0.2) is 4.98 Å². The fraction of sp³-hybridized carbons (Fsp3) is 0.250. The van der Waals surface area contributed by atoms with E-state index in [0.717, 1.165) is 29.7 Å². The van der Waals surface area contributed by atoms with Crippen LogP contribution in [0.25, 0.3) is 16.7 Å². The van der Waals surface area contributed by atoms with Crippen molar-refractivity contribution in [3.05, 3.63) is 70.2 Å². The van der Waals surface area contributed by atoms with Gasteiger partial charge in [0.1, 0.15) is 11.5 Å². The number of nitrogens with one attached hydrogen (secondary N) is 3. The quantitative estimate of drug-likeness (QED) is 0.553. The highest BCUT2D eigenvalue weighted by atomic mass is 16.3. The largest absolute Gasteiger partial charge is 0.510 e. The number of rotatable bonds is 4. The third-order valence-corrected chi connectivity index (χ3v) is 4.70. The van der Waals surface area contributed by atoms with Crippen molar-refractivity contribution in [2.75, 3.05) is 7.05 Å². The fourth-order valence-electron chi connectivity index (χ4n) is 3.31. The van der Waals surface area contributed by atoms with Gasteiger partial charge in [-0.15, -0.1) is 0 Å². The van der Waals surface area contributed by atoms with Crippen molar-refractivity contribution in [2.45, 2.75) is 26.4 Å². The standard InChI is InChI=1S/C20H22N4O/c1-12-3-5-13(6-4-12)7-18(25)19(21-2)20-23-16-8-14-10-22-11-15(14)9-17(16)24-20/h3-6,8-9,21-22,25H,7,10-11H2,1-2H3,(H,23,24)/b19-18+. The van der Waals surface area contributed by atoms with Crippen molar-refractivity contribution in [3.8, 4) is 0 Å². The minimum absolute atomic E-state index is 0.277. The third kappa shape index (κ3) is 2.98. The second kappa shape index (κ2) is 6.26. The molecule has 25 heavy (non-hydrogen) atoms. The Morgan fingerprint density at radius 3 is 2.60 bits per heavy atom. The van der Waals surface area contributed by atoms with Crippen molar-refractivity contribution < 1.29 is 5.11 Å². The number of aliphatic hydroxyl groups excluding tert-OH is 1. The van der Waals surface area contributed by atoms with E-state index in [1.807, 2.05) is 12.1 Å². The van der Waals surface area contributed by atoms with Gasteiger partial charge in [-0.1, -0.05) is 29.8 Å². The third-order valence-electron chi connectivity index (χ3n) is 4.70. The maximum absolute atomic E-state index is 10.6. The molecule has 0 radical (unpaired) electrons. The van der Waals surface area contributed by atoms with Gasteiger partial charge in [0.2, 0.25) is 0 Å². The summed E-state index contributed by atoms with van der Waals surface area (Å²) < 4.78 is 0. The van der Waals surface area contributed by atoms with Crippen LogP contribution in [0.2, 0.25) is 0 Å². The van der Waals surface area contributed by atoms with E-state index < -0.39 is 0 Å². The zero-order valence-electron chi connectivity index (χ0n) is 14.5. The number of imidazole rings is 1. The monoisotopic (exact) mass is 334 g/mol. The Morgan fingerprint density at radius 2 is 1.88 bits per heavy atom. The topological polar surface area (TPSA) is 73.0 Å². The van der Waals surface area contributed by atoms with Crippen molar-refractivity contribution in [3.63, 3.8) is 0 Å². The first-order valence-electron chi connectivity index (χ1n) is 8.52. The van der Waals surface area contributed by atoms with Crippen molar-refractivity contribution in [1.82, 2.24) is 20.6 Å². The smallest absolute Gasteiger partial charge is 0.158 e. The highest BCUT2D eigenvalue weighted by Crippen LogP contribution is 2.24. The molecular weight excluding hydrogens is 312 g/mol. The van der Waals surface area contributed by atoms with Gasteiger partial charge in [-0.3, -0.25) is 0 Å². The number of aromatic nitrogens is 2. The number of aryl methyl sites for hydroxylation is 1. The van der Waals surface area contributed by atoms with Crippen LogP contribution in [-0.4, -0.2) is 22.1 Å². The van der Waals surface area contributed by atoms with Crippen LogP contribution in [0.15, 0.2) is 42.2 Å². The summed E-state index contributed by atoms with van der Waals surface area (Å²) in [6.07, 6.45) is 0.466. The molecule has 0 spiro atoms. The van der Waals surface area contributed by atoms with E-state index >= 15 is 0 Å². The van der Waals surface area contributed by atoms with E-state index in [-0.39, 0.29) is 5.76 Å². The molecule has 0 saturated heterocycles. The molecular formula is C20H22N4O. The fourth-order valence-corrected chi connectivity index (χ4v) is 3.31. The van der Waals surface area contributed by atoms with Crippen molar-refractivity contribution in [2.24, 2.45) is 0 Å². The number of benzene rings is 2. The molecule has 4 rings (SSSR count). The minimum atomic E-state index is 0.277. The Bertz CT molecular complexity index is 913. The molecule has 0 aliphatic carbocycles. The van der Waals surface area contributed by atoms with Gasteiger partial charge in [-0.2, -0.15) is 0 Å². The van der Waals surface area contributed by atoms with E-state index in [0.29, 0.717) is 17.9 Å². The van der Waals surface area contributed by atoms with Gasteiger partial charge in [0.05, 0.1) is 11.0 Å². The second-order valence-corrected chi connectivity index (χ2v) is 6.56. The zero-order valence-corrected chi connectivity index (χ0v) is 14.5. The van der Waals surface area contributed by atoms with Gasteiger partial charge in [-0.05, 0) is 35.7 Å². The highest BCUT2D eigenvalue weighted by Gasteiger charge is 2.16. The Kier molecular flexibility index (Phi) is 3.93. The van der Waals surface area contributed by atoms with Gasteiger partial charge < -0.3 is 20.7 Å². The molecule has 3 aromatic rings. The number of nitrogens with zero attached hydrogens (tertiary/aromatic N) is 1. The van der Waals surface area contributed by atoms with Crippen LogP contribution in [0.3, 0.4) is 0 Å². The van der Waals surface area contributed by atoms with Crippen LogP contribution >= 0.6 is 0 Å².